The molecule has 29 heavy (non-hydrogen) atoms. The first-order valence-electron chi connectivity index (χ1n) is 8.56. The summed E-state index contributed by atoms with van der Waals surface area (Å²) >= 11 is 5.74. The van der Waals surface area contributed by atoms with E-state index in [-0.39, 0.29) is 28.4 Å². The molecule has 1 aromatic heterocycles. The van der Waals surface area contributed by atoms with Crippen molar-refractivity contribution in [1.82, 2.24) is 15.3 Å². The number of aliphatic imine (C=N–C) groups is 1. The number of hydrogen-bond donors (Lipinski definition) is 4. The molecule has 1 aromatic carbocycles. The fourth-order valence-corrected chi connectivity index (χ4v) is 3.12. The van der Waals surface area contributed by atoms with E-state index in [4.69, 9.17) is 28.8 Å². The molecule has 0 spiro atoms. The van der Waals surface area contributed by atoms with Crippen molar-refractivity contribution in [3.63, 3.8) is 0 Å². The highest BCUT2D eigenvalue weighted by molar-refractivity contribution is 7.90. The van der Waals surface area contributed by atoms with Crippen LogP contribution in [0.15, 0.2) is 34.2 Å². The number of hydrogen-bond acceptors (Lipinski definition) is 8. The third-order valence-corrected chi connectivity index (χ3v) is 5.28. The number of nitrogens with one attached hydrogen (secondary N) is 1. The van der Waals surface area contributed by atoms with Gasteiger partial charge in [-0.15, -0.1) is 0 Å². The van der Waals surface area contributed by atoms with Gasteiger partial charge in [0.05, 0.1) is 4.90 Å². The molecule has 2 rings (SSSR count). The zero-order chi connectivity index (χ0) is 21.6. The lowest BCUT2D eigenvalue weighted by Crippen LogP contribution is -2.38. The minimum Gasteiger partial charge on any atom is -0.382 e. The molecule has 1 amide bonds. The van der Waals surface area contributed by atoms with E-state index in [1.54, 1.807) is 24.3 Å². The van der Waals surface area contributed by atoms with Gasteiger partial charge in [0, 0.05) is 12.8 Å². The Balaban J connectivity index is 1.80. The number of halogens is 1. The van der Waals surface area contributed by atoms with Gasteiger partial charge in [-0.2, -0.15) is 0 Å². The zero-order valence-electron chi connectivity index (χ0n) is 15.7. The highest BCUT2D eigenvalue weighted by atomic mass is 35.5. The van der Waals surface area contributed by atoms with Gasteiger partial charge < -0.3 is 17.2 Å². The number of carbonyl (C=O) groups is 1. The number of sulfone groups is 1. The first-order valence-corrected chi connectivity index (χ1v) is 10.8. The van der Waals surface area contributed by atoms with Crippen LogP contribution in [0, 0.1) is 0 Å². The summed E-state index contributed by atoms with van der Waals surface area (Å²) in [6, 6.07) is 6.76. The van der Waals surface area contributed by atoms with Crippen molar-refractivity contribution in [1.29, 1.82) is 0 Å². The monoisotopic (exact) mass is 439 g/mol. The maximum absolute atomic E-state index is 12.1. The Morgan fingerprint density at radius 2 is 1.79 bits per heavy atom. The Bertz CT molecular complexity index is 1020. The summed E-state index contributed by atoms with van der Waals surface area (Å²) in [5, 5.41) is 2.23. The summed E-state index contributed by atoms with van der Waals surface area (Å²) in [5.41, 5.74) is 17.6. The summed E-state index contributed by atoms with van der Waals surface area (Å²) in [7, 11) is -3.19. The molecule has 0 saturated carbocycles. The molecule has 2 aromatic rings. The van der Waals surface area contributed by atoms with E-state index >= 15 is 0 Å². The largest absolute Gasteiger partial charge is 0.382 e. The van der Waals surface area contributed by atoms with Gasteiger partial charge >= 0.3 is 0 Å². The highest BCUT2D eigenvalue weighted by Crippen LogP contribution is 2.17. The van der Waals surface area contributed by atoms with Crippen LogP contribution in [-0.4, -0.2) is 43.1 Å². The Labute approximate surface area is 173 Å². The molecule has 0 fully saturated rings. The van der Waals surface area contributed by atoms with Gasteiger partial charge in [0.1, 0.15) is 0 Å². The van der Waals surface area contributed by atoms with Crippen LogP contribution in [0.5, 0.6) is 0 Å². The molecular formula is C17H22ClN7O3S. The van der Waals surface area contributed by atoms with E-state index in [0.29, 0.717) is 11.4 Å². The molecule has 0 saturated heterocycles. The predicted octanol–water partition coefficient (Wildman–Crippen LogP) is 0.765. The van der Waals surface area contributed by atoms with Crippen molar-refractivity contribution < 1.29 is 13.2 Å². The molecule has 1 heterocycles. The first-order chi connectivity index (χ1) is 13.6. The number of guanidine groups is 1. The molecule has 10 nitrogen and oxygen atoms in total. The number of nitrogens with two attached hydrogens (primary N) is 3. The average Bonchev–Trinajstić information content (AvgIpc) is 2.64. The molecule has 156 valence electrons. The topological polar surface area (TPSA) is 179 Å². The van der Waals surface area contributed by atoms with E-state index < -0.39 is 15.7 Å². The normalized spacial score (nSPS) is 12.0. The van der Waals surface area contributed by atoms with Gasteiger partial charge in [0.2, 0.25) is 0 Å². The number of rotatable bonds is 7. The number of unbranched alkanes of at least 4 members (excludes halogenated alkanes) is 1. The fraction of sp³-hybridized carbons (Fsp3) is 0.294. The van der Waals surface area contributed by atoms with E-state index in [1.807, 2.05) is 0 Å². The maximum Gasteiger partial charge on any atom is 0.280 e. The molecule has 7 N–H and O–H groups in total. The average molecular weight is 440 g/mol. The lowest BCUT2D eigenvalue weighted by molar-refractivity contribution is 0.0972. The number of nitrogens with zero attached hydrogens (tertiary/aromatic N) is 3. The van der Waals surface area contributed by atoms with Crippen molar-refractivity contribution in [2.75, 3.05) is 24.3 Å². The number of nitrogen functional groups attached to an aromatic ring is 2. The van der Waals surface area contributed by atoms with Crippen LogP contribution in [0.4, 0.5) is 11.6 Å². The molecule has 0 aliphatic heterocycles. The molecular weight excluding hydrogens is 418 g/mol. The number of benzene rings is 1. The van der Waals surface area contributed by atoms with Crippen molar-refractivity contribution in [3.05, 3.63) is 40.7 Å². The van der Waals surface area contributed by atoms with Crippen LogP contribution in [0.25, 0.3) is 0 Å². The Hall–Kier alpha value is -2.92. The molecule has 12 heteroatoms. The van der Waals surface area contributed by atoms with Gasteiger partial charge in [-0.05, 0) is 37.0 Å². The van der Waals surface area contributed by atoms with Crippen molar-refractivity contribution in [2.24, 2.45) is 10.7 Å². The predicted molar refractivity (Wildman–Crippen MR) is 112 cm³/mol. The molecule has 0 radical (unpaired) electrons. The Morgan fingerprint density at radius 1 is 1.14 bits per heavy atom. The standard InChI is InChI=1S/C17H22ClN7O3S/c1-29(27,28)11-7-5-10(6-8-11)4-2-3-9-22-17(21)25-16(26)12-14(19)24-15(20)13(18)23-12/h5-8H,2-4,9H2,1H3,(H4,19,20,24)(H3,21,22,25,26). The van der Waals surface area contributed by atoms with Crippen LogP contribution in [0.1, 0.15) is 28.9 Å². The van der Waals surface area contributed by atoms with Gasteiger partial charge in [-0.25, -0.2) is 18.4 Å². The van der Waals surface area contributed by atoms with E-state index in [1.165, 1.54) is 6.26 Å². The van der Waals surface area contributed by atoms with Gasteiger partial charge in [0.25, 0.3) is 5.91 Å². The van der Waals surface area contributed by atoms with Gasteiger partial charge in [0.15, 0.2) is 38.3 Å². The smallest absolute Gasteiger partial charge is 0.280 e. The first kappa shape index (κ1) is 22.4. The highest BCUT2D eigenvalue weighted by Gasteiger charge is 2.16. The van der Waals surface area contributed by atoms with Crippen molar-refractivity contribution in [2.45, 2.75) is 24.2 Å². The molecule has 0 bridgehead atoms. The molecule has 0 unspecified atom stereocenters. The zero-order valence-corrected chi connectivity index (χ0v) is 17.3. The fourth-order valence-electron chi connectivity index (χ4n) is 2.37. The Morgan fingerprint density at radius 3 is 2.41 bits per heavy atom. The number of aryl methyl sites for hydroxylation is 1. The second-order valence-corrected chi connectivity index (χ2v) is 8.60. The van der Waals surface area contributed by atoms with Crippen LogP contribution in [-0.2, 0) is 16.3 Å². The van der Waals surface area contributed by atoms with Crippen molar-refractivity contribution in [3.8, 4) is 0 Å². The number of aromatic nitrogens is 2. The Kier molecular flexibility index (Phi) is 7.35. The maximum atomic E-state index is 12.1. The van der Waals surface area contributed by atoms with Crippen LogP contribution in [0.3, 0.4) is 0 Å². The molecule has 0 aliphatic carbocycles. The summed E-state index contributed by atoms with van der Waals surface area (Å²) in [6.07, 6.45) is 3.48. The summed E-state index contributed by atoms with van der Waals surface area (Å²) in [6.45, 7) is 0.400. The summed E-state index contributed by atoms with van der Waals surface area (Å²) in [4.78, 5) is 24.0. The third-order valence-electron chi connectivity index (χ3n) is 3.87. The minimum absolute atomic E-state index is 0.0756. The third kappa shape index (κ3) is 6.57. The van der Waals surface area contributed by atoms with Gasteiger partial charge in [-0.3, -0.25) is 15.1 Å². The van der Waals surface area contributed by atoms with E-state index in [2.05, 4.69) is 20.3 Å². The van der Waals surface area contributed by atoms with Crippen LogP contribution in [0.2, 0.25) is 5.15 Å². The number of amides is 1. The van der Waals surface area contributed by atoms with Gasteiger partial charge in [-0.1, -0.05) is 23.7 Å². The van der Waals surface area contributed by atoms with Crippen molar-refractivity contribution >= 4 is 44.9 Å². The lowest BCUT2D eigenvalue weighted by Gasteiger charge is -2.07. The van der Waals surface area contributed by atoms with E-state index in [9.17, 15) is 13.2 Å². The number of anilines is 2. The molecule has 0 atom stereocenters. The second kappa shape index (κ2) is 9.52. The second-order valence-electron chi connectivity index (χ2n) is 6.23. The van der Waals surface area contributed by atoms with Crippen LogP contribution >= 0.6 is 11.6 Å². The quantitative estimate of drug-likeness (QED) is 0.277. The summed E-state index contributed by atoms with van der Waals surface area (Å²) < 4.78 is 22.9. The van der Waals surface area contributed by atoms with E-state index in [0.717, 1.165) is 24.8 Å². The minimum atomic E-state index is -3.19. The lowest BCUT2D eigenvalue weighted by atomic mass is 10.1. The number of carbonyl (C=O) groups excluding carboxylic acids is 1. The molecule has 0 aliphatic rings. The summed E-state index contributed by atoms with van der Waals surface area (Å²) in [5.74, 6) is -1.02. The van der Waals surface area contributed by atoms with Crippen LogP contribution < -0.4 is 22.5 Å². The SMILES string of the molecule is CS(=O)(=O)c1ccc(CCCCN=C(N)NC(=O)c2nc(Cl)c(N)nc2N)cc1.